The lowest BCUT2D eigenvalue weighted by Gasteiger charge is -2.34. The van der Waals surface area contributed by atoms with Crippen LogP contribution in [0.15, 0.2) is 138 Å². The zero-order valence-electron chi connectivity index (χ0n) is 28.2. The van der Waals surface area contributed by atoms with Gasteiger partial charge in [0.15, 0.2) is 0 Å². The molecule has 1 heterocycles. The first-order chi connectivity index (χ1) is 23.7. The van der Waals surface area contributed by atoms with Gasteiger partial charge in [-0.1, -0.05) is 129 Å². The Morgan fingerprint density at radius 1 is 0.562 bits per heavy atom. The van der Waals surface area contributed by atoms with Gasteiger partial charge in [0, 0.05) is 17.8 Å². The van der Waals surface area contributed by atoms with Gasteiger partial charge in [-0.2, -0.15) is 0 Å². The summed E-state index contributed by atoms with van der Waals surface area (Å²) >= 11 is 0. The lowest BCUT2D eigenvalue weighted by molar-refractivity contribution is 0.970. The van der Waals surface area contributed by atoms with Gasteiger partial charge in [-0.05, 0) is 116 Å². The highest BCUT2D eigenvalue weighted by molar-refractivity contribution is 6.00. The maximum atomic E-state index is 4.38. The molecule has 0 saturated heterocycles. The zero-order chi connectivity index (χ0) is 33.2. The maximum Gasteiger partial charge on any atom is 0.0859 e. The molecule has 7 aromatic rings. The number of nitrogens with zero attached hydrogens (tertiary/aromatic N) is 2. The van der Waals surface area contributed by atoms with Crippen molar-refractivity contribution in [1.29, 1.82) is 0 Å². The quantitative estimate of drug-likeness (QED) is 0.179. The molecule has 0 unspecified atom stereocenters. The molecule has 0 fully saturated rings. The molecule has 0 N–H and O–H groups in total. The van der Waals surface area contributed by atoms with Gasteiger partial charge in [-0.25, -0.2) is 0 Å². The summed E-state index contributed by atoms with van der Waals surface area (Å²) < 4.78 is 0. The van der Waals surface area contributed by atoms with Gasteiger partial charge < -0.3 is 4.90 Å². The van der Waals surface area contributed by atoms with Gasteiger partial charge >= 0.3 is 0 Å². The fraction of sp³-hybridized carbons (Fsp3) is 0.109. The highest BCUT2D eigenvalue weighted by Gasteiger charge is 2.26. The van der Waals surface area contributed by atoms with E-state index in [-0.39, 0.29) is 0 Å². The Morgan fingerprint density at radius 2 is 1.23 bits per heavy atom. The number of benzene rings is 7. The van der Waals surface area contributed by atoms with E-state index in [1.807, 2.05) is 26.0 Å². The smallest absolute Gasteiger partial charge is 0.0859 e. The predicted octanol–water partition coefficient (Wildman–Crippen LogP) is 11.6. The Bertz CT molecular complexity index is 2430. The lowest BCUT2D eigenvalue weighted by Crippen LogP contribution is -2.25. The van der Waals surface area contributed by atoms with Crippen molar-refractivity contribution in [3.8, 4) is 33.4 Å². The number of aliphatic imine (C=N–C) groups is 1. The van der Waals surface area contributed by atoms with Crippen molar-refractivity contribution >= 4 is 57.5 Å². The first kappa shape index (κ1) is 30.9. The third-order valence-corrected chi connectivity index (χ3v) is 9.52. The molecule has 8 rings (SSSR count). The Labute approximate surface area is 283 Å². The summed E-state index contributed by atoms with van der Waals surface area (Å²) in [7, 11) is 0. The van der Waals surface area contributed by atoms with Gasteiger partial charge in [-0.15, -0.1) is 0 Å². The SMILES string of the molecule is C=Nc1ccccc1N1Cc2c(ccc3ccccc23)-c2cc(-c3ccc(-c4cc(=C/C)/c(=C\C)c5ccccc45)cc3)ccc21.CC. The standard InChI is InChI=1S/C44H34N2.C2H6/c1-4-29-26-39(37-15-9-8-14-36(37)34(29)5-2)32-20-18-30(19-21-32)33-23-25-43-40(27-33)38-24-22-31-12-6-7-13-35(31)41(38)28-46(43)44-17-11-10-16-42(44)45-3;1-2/h4-27H,3,28H2,1-2H3;1-2H3/b29-4-,34-5+;. The van der Waals surface area contributed by atoms with Crippen LogP contribution in [-0.2, 0) is 6.54 Å². The van der Waals surface area contributed by atoms with Crippen LogP contribution in [0.5, 0.6) is 0 Å². The molecule has 0 saturated carbocycles. The Balaban J connectivity index is 0.00000179. The minimum atomic E-state index is 0.768. The maximum absolute atomic E-state index is 4.38. The fourth-order valence-electron chi connectivity index (χ4n) is 7.27. The van der Waals surface area contributed by atoms with Gasteiger partial charge in [0.25, 0.3) is 0 Å². The molecule has 0 spiro atoms. The molecule has 0 amide bonds. The molecule has 7 aromatic carbocycles. The van der Waals surface area contributed by atoms with Crippen molar-refractivity contribution < 1.29 is 0 Å². The first-order valence-corrected chi connectivity index (χ1v) is 16.9. The van der Waals surface area contributed by atoms with Crippen LogP contribution in [0.25, 0.3) is 67.1 Å². The molecular formula is C46H40N2. The summed E-state index contributed by atoms with van der Waals surface area (Å²) in [5.74, 6) is 0. The van der Waals surface area contributed by atoms with Crippen LogP contribution in [0.2, 0.25) is 0 Å². The molecule has 1 aliphatic rings. The van der Waals surface area contributed by atoms with E-state index in [9.17, 15) is 0 Å². The van der Waals surface area contributed by atoms with Crippen LogP contribution in [0, 0.1) is 0 Å². The number of anilines is 2. The van der Waals surface area contributed by atoms with Gasteiger partial charge in [0.05, 0.1) is 11.4 Å². The number of para-hydroxylation sites is 2. The molecule has 1 aliphatic heterocycles. The van der Waals surface area contributed by atoms with E-state index >= 15 is 0 Å². The average molecular weight is 621 g/mol. The molecule has 0 aromatic heterocycles. The molecule has 0 radical (unpaired) electrons. The van der Waals surface area contributed by atoms with E-state index in [4.69, 9.17) is 0 Å². The van der Waals surface area contributed by atoms with Gasteiger partial charge in [-0.3, -0.25) is 4.99 Å². The second-order valence-electron chi connectivity index (χ2n) is 11.9. The molecule has 0 bridgehead atoms. The average Bonchev–Trinajstić information content (AvgIpc) is 3.17. The van der Waals surface area contributed by atoms with Crippen molar-refractivity contribution in [3.63, 3.8) is 0 Å². The monoisotopic (exact) mass is 620 g/mol. The number of fused-ring (bicyclic) bond motifs is 6. The minimum Gasteiger partial charge on any atom is -0.335 e. The molecule has 0 atom stereocenters. The number of rotatable bonds is 4. The van der Waals surface area contributed by atoms with Crippen LogP contribution in [0.1, 0.15) is 33.3 Å². The molecule has 234 valence electrons. The summed E-state index contributed by atoms with van der Waals surface area (Å²) in [5.41, 5.74) is 11.9. The third kappa shape index (κ3) is 5.20. The molecule has 0 aliphatic carbocycles. The second kappa shape index (κ2) is 13.2. The summed E-state index contributed by atoms with van der Waals surface area (Å²) in [6.07, 6.45) is 4.43. The second-order valence-corrected chi connectivity index (χ2v) is 11.9. The summed E-state index contributed by atoms with van der Waals surface area (Å²) in [6, 6.07) is 48.5. The third-order valence-electron chi connectivity index (χ3n) is 9.52. The van der Waals surface area contributed by atoms with Crippen molar-refractivity contribution in [1.82, 2.24) is 0 Å². The Kier molecular flexibility index (Phi) is 8.48. The molecule has 2 heteroatoms. The van der Waals surface area contributed by atoms with Crippen LogP contribution in [0.4, 0.5) is 17.1 Å². The van der Waals surface area contributed by atoms with E-state index in [0.29, 0.717) is 0 Å². The number of hydrogen-bond donors (Lipinski definition) is 0. The van der Waals surface area contributed by atoms with Crippen molar-refractivity contribution in [3.05, 3.63) is 149 Å². The van der Waals surface area contributed by atoms with Crippen LogP contribution in [0.3, 0.4) is 0 Å². The van der Waals surface area contributed by atoms with Gasteiger partial charge in [0.2, 0.25) is 0 Å². The zero-order valence-corrected chi connectivity index (χ0v) is 28.2. The van der Waals surface area contributed by atoms with Crippen LogP contribution in [-0.4, -0.2) is 6.72 Å². The highest BCUT2D eigenvalue weighted by atomic mass is 15.2. The van der Waals surface area contributed by atoms with E-state index in [0.717, 1.165) is 17.9 Å². The summed E-state index contributed by atoms with van der Waals surface area (Å²) in [5, 5.41) is 7.67. The van der Waals surface area contributed by atoms with Crippen molar-refractivity contribution in [2.24, 2.45) is 4.99 Å². The largest absolute Gasteiger partial charge is 0.335 e. The van der Waals surface area contributed by atoms with Gasteiger partial charge in [0.1, 0.15) is 0 Å². The molecular weight excluding hydrogens is 581 g/mol. The van der Waals surface area contributed by atoms with E-state index in [1.165, 1.54) is 76.6 Å². The van der Waals surface area contributed by atoms with Crippen molar-refractivity contribution in [2.45, 2.75) is 34.2 Å². The molecule has 2 nitrogen and oxygen atoms in total. The van der Waals surface area contributed by atoms with Crippen LogP contribution >= 0.6 is 0 Å². The Hall–Kier alpha value is -5.73. The van der Waals surface area contributed by atoms with Crippen molar-refractivity contribution in [2.75, 3.05) is 4.90 Å². The molecule has 48 heavy (non-hydrogen) atoms. The predicted molar refractivity (Wildman–Crippen MR) is 210 cm³/mol. The first-order valence-electron chi connectivity index (χ1n) is 16.9. The fourth-order valence-corrected chi connectivity index (χ4v) is 7.27. The summed E-state index contributed by atoms with van der Waals surface area (Å²) in [4.78, 5) is 6.77. The van der Waals surface area contributed by atoms with E-state index in [1.54, 1.807) is 0 Å². The topological polar surface area (TPSA) is 15.6 Å². The lowest BCUT2D eigenvalue weighted by atomic mass is 9.87. The van der Waals surface area contributed by atoms with Crippen LogP contribution < -0.4 is 15.3 Å². The highest BCUT2D eigenvalue weighted by Crippen LogP contribution is 2.48. The van der Waals surface area contributed by atoms with E-state index < -0.39 is 0 Å². The number of hydrogen-bond acceptors (Lipinski definition) is 2. The van der Waals surface area contributed by atoms with E-state index in [2.05, 4.69) is 164 Å². The Morgan fingerprint density at radius 3 is 1.98 bits per heavy atom. The summed E-state index contributed by atoms with van der Waals surface area (Å²) in [6.45, 7) is 12.9. The normalized spacial score (nSPS) is 12.8. The minimum absolute atomic E-state index is 0.768.